The number of nitrogens with one attached hydrogen (secondary N) is 1. The van der Waals surface area contributed by atoms with E-state index < -0.39 is 0 Å². The van der Waals surface area contributed by atoms with Crippen LogP contribution in [-0.2, 0) is 0 Å². The molecule has 0 aliphatic carbocycles. The van der Waals surface area contributed by atoms with Crippen LogP contribution in [0.5, 0.6) is 5.75 Å². The number of methoxy groups -OCH3 is 1. The monoisotopic (exact) mass is 255 g/mol. The van der Waals surface area contributed by atoms with Gasteiger partial charge in [0.25, 0.3) is 5.91 Å². The fourth-order valence-corrected chi connectivity index (χ4v) is 1.86. The lowest BCUT2D eigenvalue weighted by Gasteiger charge is -2.15. The van der Waals surface area contributed by atoms with Crippen LogP contribution in [0.1, 0.15) is 28.9 Å². The summed E-state index contributed by atoms with van der Waals surface area (Å²) in [5.74, 6) is 0.717. The second-order valence-electron chi connectivity index (χ2n) is 4.34. The molecule has 0 saturated carbocycles. The fourth-order valence-electron chi connectivity index (χ4n) is 1.86. The molecule has 0 saturated heterocycles. The first kappa shape index (κ1) is 13.1. The molecule has 2 rings (SSSR count). The summed E-state index contributed by atoms with van der Waals surface area (Å²) >= 11 is 0. The SMILES string of the molecule is COc1cccc([C@H](C)NC(=O)c2ccccc2)c1. The largest absolute Gasteiger partial charge is 0.497 e. The van der Waals surface area contributed by atoms with E-state index in [0.29, 0.717) is 5.56 Å². The summed E-state index contributed by atoms with van der Waals surface area (Å²) in [5.41, 5.74) is 1.68. The molecule has 0 unspecified atom stereocenters. The quantitative estimate of drug-likeness (QED) is 0.911. The van der Waals surface area contributed by atoms with Crippen LogP contribution in [0.25, 0.3) is 0 Å². The Morgan fingerprint density at radius 3 is 2.53 bits per heavy atom. The maximum Gasteiger partial charge on any atom is 0.251 e. The van der Waals surface area contributed by atoms with Gasteiger partial charge in [-0.3, -0.25) is 4.79 Å². The standard InChI is InChI=1S/C16H17NO2/c1-12(14-9-6-10-15(11-14)19-2)17-16(18)13-7-4-3-5-8-13/h3-12H,1-2H3,(H,17,18)/t12-/m0/s1. The summed E-state index contributed by atoms with van der Waals surface area (Å²) in [6, 6.07) is 16.8. The Morgan fingerprint density at radius 1 is 1.11 bits per heavy atom. The normalized spacial score (nSPS) is 11.7. The topological polar surface area (TPSA) is 38.3 Å². The minimum Gasteiger partial charge on any atom is -0.497 e. The van der Waals surface area contributed by atoms with Gasteiger partial charge in [-0.15, -0.1) is 0 Å². The minimum absolute atomic E-state index is 0.0668. The zero-order valence-electron chi connectivity index (χ0n) is 11.1. The molecule has 0 radical (unpaired) electrons. The molecule has 1 amide bonds. The van der Waals surface area contributed by atoms with Gasteiger partial charge in [0, 0.05) is 5.56 Å². The second-order valence-corrected chi connectivity index (χ2v) is 4.34. The third-order valence-electron chi connectivity index (χ3n) is 2.98. The van der Waals surface area contributed by atoms with Gasteiger partial charge in [-0.05, 0) is 36.8 Å². The fraction of sp³-hybridized carbons (Fsp3) is 0.188. The molecular formula is C16H17NO2. The van der Waals surface area contributed by atoms with E-state index >= 15 is 0 Å². The predicted molar refractivity (Wildman–Crippen MR) is 75.3 cm³/mol. The highest BCUT2D eigenvalue weighted by atomic mass is 16.5. The first-order chi connectivity index (χ1) is 9.20. The molecular weight excluding hydrogens is 238 g/mol. The van der Waals surface area contributed by atoms with Crippen molar-refractivity contribution in [1.82, 2.24) is 5.32 Å². The van der Waals surface area contributed by atoms with Gasteiger partial charge < -0.3 is 10.1 Å². The zero-order chi connectivity index (χ0) is 13.7. The summed E-state index contributed by atoms with van der Waals surface area (Å²) in [5, 5.41) is 2.97. The van der Waals surface area contributed by atoms with Gasteiger partial charge in [-0.25, -0.2) is 0 Å². The molecule has 0 fully saturated rings. The smallest absolute Gasteiger partial charge is 0.251 e. The summed E-state index contributed by atoms with van der Waals surface area (Å²) < 4.78 is 5.18. The number of carbonyl (C=O) groups excluding carboxylic acids is 1. The number of rotatable bonds is 4. The van der Waals surface area contributed by atoms with E-state index in [1.807, 2.05) is 49.4 Å². The van der Waals surface area contributed by atoms with Gasteiger partial charge >= 0.3 is 0 Å². The Bertz CT molecular complexity index is 552. The van der Waals surface area contributed by atoms with Crippen LogP contribution < -0.4 is 10.1 Å². The summed E-state index contributed by atoms with van der Waals surface area (Å²) in [7, 11) is 1.63. The van der Waals surface area contributed by atoms with Crippen LogP contribution in [0.4, 0.5) is 0 Å². The van der Waals surface area contributed by atoms with Crippen molar-refractivity contribution < 1.29 is 9.53 Å². The van der Waals surface area contributed by atoms with E-state index in [1.54, 1.807) is 19.2 Å². The molecule has 3 nitrogen and oxygen atoms in total. The number of hydrogen-bond acceptors (Lipinski definition) is 2. The minimum atomic E-state index is -0.0732. The Hall–Kier alpha value is -2.29. The number of ether oxygens (including phenoxy) is 1. The average Bonchev–Trinajstić information content (AvgIpc) is 2.48. The van der Waals surface area contributed by atoms with Crippen molar-refractivity contribution in [3.05, 3.63) is 65.7 Å². The van der Waals surface area contributed by atoms with Crippen molar-refractivity contribution in [2.24, 2.45) is 0 Å². The van der Waals surface area contributed by atoms with Gasteiger partial charge in [0.15, 0.2) is 0 Å². The number of amides is 1. The van der Waals surface area contributed by atoms with E-state index in [0.717, 1.165) is 11.3 Å². The lowest BCUT2D eigenvalue weighted by atomic mass is 10.1. The third kappa shape index (κ3) is 3.35. The van der Waals surface area contributed by atoms with E-state index in [9.17, 15) is 4.79 Å². The lowest BCUT2D eigenvalue weighted by molar-refractivity contribution is 0.0940. The molecule has 1 N–H and O–H groups in total. The van der Waals surface area contributed by atoms with E-state index in [1.165, 1.54) is 0 Å². The second kappa shape index (κ2) is 6.05. The highest BCUT2D eigenvalue weighted by Crippen LogP contribution is 2.19. The van der Waals surface area contributed by atoms with E-state index in [2.05, 4.69) is 5.32 Å². The van der Waals surface area contributed by atoms with Crippen LogP contribution in [0.3, 0.4) is 0 Å². The molecule has 0 aromatic heterocycles. The van der Waals surface area contributed by atoms with Crippen molar-refractivity contribution in [2.75, 3.05) is 7.11 Å². The summed E-state index contributed by atoms with van der Waals surface area (Å²) in [6.45, 7) is 1.95. The van der Waals surface area contributed by atoms with Gasteiger partial charge in [-0.2, -0.15) is 0 Å². The van der Waals surface area contributed by atoms with Crippen molar-refractivity contribution in [3.63, 3.8) is 0 Å². The van der Waals surface area contributed by atoms with E-state index in [4.69, 9.17) is 4.74 Å². The van der Waals surface area contributed by atoms with Crippen LogP contribution in [-0.4, -0.2) is 13.0 Å². The van der Waals surface area contributed by atoms with Gasteiger partial charge in [0.1, 0.15) is 5.75 Å². The van der Waals surface area contributed by atoms with Crippen LogP contribution >= 0.6 is 0 Å². The lowest BCUT2D eigenvalue weighted by Crippen LogP contribution is -2.26. The highest BCUT2D eigenvalue weighted by molar-refractivity contribution is 5.94. The molecule has 2 aromatic carbocycles. The van der Waals surface area contributed by atoms with Crippen LogP contribution in [0.15, 0.2) is 54.6 Å². The molecule has 2 aromatic rings. The molecule has 0 aliphatic rings. The number of benzene rings is 2. The average molecular weight is 255 g/mol. The summed E-state index contributed by atoms with van der Waals surface area (Å²) in [4.78, 5) is 12.0. The molecule has 98 valence electrons. The van der Waals surface area contributed by atoms with Crippen molar-refractivity contribution >= 4 is 5.91 Å². The van der Waals surface area contributed by atoms with Crippen molar-refractivity contribution in [1.29, 1.82) is 0 Å². The molecule has 3 heteroatoms. The molecule has 0 spiro atoms. The molecule has 1 atom stereocenters. The predicted octanol–water partition coefficient (Wildman–Crippen LogP) is 3.19. The zero-order valence-corrected chi connectivity index (χ0v) is 11.1. The Kier molecular flexibility index (Phi) is 4.18. The Morgan fingerprint density at radius 2 is 1.84 bits per heavy atom. The third-order valence-corrected chi connectivity index (χ3v) is 2.98. The Balaban J connectivity index is 2.08. The highest BCUT2D eigenvalue weighted by Gasteiger charge is 2.11. The van der Waals surface area contributed by atoms with Crippen LogP contribution in [0, 0.1) is 0 Å². The van der Waals surface area contributed by atoms with E-state index in [-0.39, 0.29) is 11.9 Å². The van der Waals surface area contributed by atoms with Crippen molar-refractivity contribution in [3.8, 4) is 5.75 Å². The van der Waals surface area contributed by atoms with Gasteiger partial charge in [0.05, 0.1) is 13.2 Å². The molecule has 19 heavy (non-hydrogen) atoms. The van der Waals surface area contributed by atoms with Crippen LogP contribution in [0.2, 0.25) is 0 Å². The molecule has 0 heterocycles. The number of carbonyl (C=O) groups is 1. The molecule has 0 aliphatic heterocycles. The van der Waals surface area contributed by atoms with Gasteiger partial charge in [0.2, 0.25) is 0 Å². The first-order valence-corrected chi connectivity index (χ1v) is 6.20. The first-order valence-electron chi connectivity index (χ1n) is 6.20. The van der Waals surface area contributed by atoms with Gasteiger partial charge in [-0.1, -0.05) is 30.3 Å². The Labute approximate surface area is 113 Å². The molecule has 0 bridgehead atoms. The van der Waals surface area contributed by atoms with Crippen molar-refractivity contribution in [2.45, 2.75) is 13.0 Å². The summed E-state index contributed by atoms with van der Waals surface area (Å²) in [6.07, 6.45) is 0. The maximum atomic E-state index is 12.0. The number of hydrogen-bond donors (Lipinski definition) is 1. The maximum absolute atomic E-state index is 12.0.